The van der Waals surface area contributed by atoms with E-state index in [9.17, 15) is 4.79 Å². The molecule has 144 valence electrons. The van der Waals surface area contributed by atoms with Crippen LogP contribution in [0.4, 0.5) is 5.69 Å². The summed E-state index contributed by atoms with van der Waals surface area (Å²) < 4.78 is 5.65. The van der Waals surface area contributed by atoms with E-state index in [0.717, 1.165) is 38.4 Å². The second kappa shape index (κ2) is 8.74. The highest BCUT2D eigenvalue weighted by Gasteiger charge is 2.25. The minimum Gasteiger partial charge on any atom is -0.469 e. The summed E-state index contributed by atoms with van der Waals surface area (Å²) in [5, 5.41) is 0. The molecule has 0 saturated carbocycles. The number of aromatic nitrogens is 1. The van der Waals surface area contributed by atoms with Crippen molar-refractivity contribution in [2.24, 2.45) is 0 Å². The second-order valence-corrected chi connectivity index (χ2v) is 7.18. The van der Waals surface area contributed by atoms with Crippen LogP contribution in [0.5, 0.6) is 0 Å². The first-order valence-electron chi connectivity index (χ1n) is 9.79. The zero-order valence-corrected chi connectivity index (χ0v) is 15.9. The molecule has 0 radical (unpaired) electrons. The van der Waals surface area contributed by atoms with Crippen molar-refractivity contribution in [3.63, 3.8) is 0 Å². The van der Waals surface area contributed by atoms with Crippen molar-refractivity contribution in [3.05, 3.63) is 84.6 Å². The van der Waals surface area contributed by atoms with Gasteiger partial charge in [0.05, 0.1) is 6.26 Å². The van der Waals surface area contributed by atoms with Gasteiger partial charge in [-0.2, -0.15) is 0 Å². The molecule has 5 nitrogen and oxygen atoms in total. The van der Waals surface area contributed by atoms with Gasteiger partial charge in [-0.3, -0.25) is 9.78 Å². The Balaban J connectivity index is 1.38. The van der Waals surface area contributed by atoms with Crippen LogP contribution in [0.15, 0.2) is 77.7 Å². The maximum Gasteiger partial charge on any atom is 0.223 e. The van der Waals surface area contributed by atoms with Crippen LogP contribution in [0.2, 0.25) is 0 Å². The van der Waals surface area contributed by atoms with Crippen molar-refractivity contribution in [2.45, 2.75) is 18.8 Å². The van der Waals surface area contributed by atoms with Crippen LogP contribution in [-0.2, 0) is 11.2 Å². The molecule has 1 aromatic carbocycles. The number of hydrogen-bond donors (Lipinski definition) is 0. The first-order chi connectivity index (χ1) is 13.8. The van der Waals surface area contributed by atoms with E-state index < -0.39 is 0 Å². The molecule has 3 heterocycles. The number of furan rings is 1. The molecule has 4 rings (SSSR count). The molecule has 3 aromatic rings. The van der Waals surface area contributed by atoms with E-state index in [-0.39, 0.29) is 11.8 Å². The fourth-order valence-corrected chi connectivity index (χ4v) is 3.80. The van der Waals surface area contributed by atoms with E-state index in [4.69, 9.17) is 4.42 Å². The molecule has 1 amide bonds. The number of carbonyl (C=O) groups is 1. The van der Waals surface area contributed by atoms with Gasteiger partial charge in [-0.15, -0.1) is 0 Å². The Bertz CT molecular complexity index is 857. The average Bonchev–Trinajstić information content (AvgIpc) is 3.30. The summed E-state index contributed by atoms with van der Waals surface area (Å²) in [6.45, 7) is 3.19. The lowest BCUT2D eigenvalue weighted by Gasteiger charge is -2.36. The first kappa shape index (κ1) is 18.3. The zero-order chi connectivity index (χ0) is 19.2. The number of piperazine rings is 1. The van der Waals surface area contributed by atoms with Gasteiger partial charge in [-0.1, -0.05) is 30.3 Å². The van der Waals surface area contributed by atoms with Crippen LogP contribution < -0.4 is 4.90 Å². The molecule has 1 aliphatic rings. The lowest BCUT2D eigenvalue weighted by atomic mass is 9.93. The zero-order valence-electron chi connectivity index (χ0n) is 15.9. The second-order valence-electron chi connectivity index (χ2n) is 7.18. The van der Waals surface area contributed by atoms with Crippen LogP contribution in [-0.4, -0.2) is 42.0 Å². The van der Waals surface area contributed by atoms with Gasteiger partial charge in [0.2, 0.25) is 5.91 Å². The van der Waals surface area contributed by atoms with Gasteiger partial charge >= 0.3 is 0 Å². The Labute approximate surface area is 165 Å². The molecule has 1 atom stereocenters. The largest absolute Gasteiger partial charge is 0.469 e. The van der Waals surface area contributed by atoms with Crippen LogP contribution >= 0.6 is 0 Å². The lowest BCUT2D eigenvalue weighted by Crippen LogP contribution is -2.49. The van der Waals surface area contributed by atoms with Crippen LogP contribution in [0, 0.1) is 0 Å². The van der Waals surface area contributed by atoms with Crippen LogP contribution in [0.1, 0.15) is 23.7 Å². The Hall–Kier alpha value is -3.08. The van der Waals surface area contributed by atoms with E-state index in [2.05, 4.69) is 22.0 Å². The van der Waals surface area contributed by atoms with Crippen molar-refractivity contribution in [1.82, 2.24) is 9.88 Å². The lowest BCUT2D eigenvalue weighted by molar-refractivity contribution is -0.132. The smallest absolute Gasteiger partial charge is 0.223 e. The number of rotatable bonds is 6. The number of pyridine rings is 1. The number of hydrogen-bond acceptors (Lipinski definition) is 4. The summed E-state index contributed by atoms with van der Waals surface area (Å²) in [6, 6.07) is 18.2. The quantitative estimate of drug-likeness (QED) is 0.659. The minimum atomic E-state index is 0.0585. The van der Waals surface area contributed by atoms with E-state index in [1.165, 1.54) is 11.3 Å². The summed E-state index contributed by atoms with van der Waals surface area (Å²) in [5.41, 5.74) is 2.39. The van der Waals surface area contributed by atoms with Gasteiger partial charge in [0, 0.05) is 56.6 Å². The number of nitrogens with zero attached hydrogens (tertiary/aromatic N) is 3. The standard InChI is InChI=1S/C23H25N3O2/c27-23(26-14-12-25(13-15-26)21-8-10-24-11-9-21)18-20(22-7-4-16-28-22)17-19-5-2-1-3-6-19/h1-11,16,20H,12-15,17-18H2. The van der Waals surface area contributed by atoms with Crippen molar-refractivity contribution >= 4 is 11.6 Å². The summed E-state index contributed by atoms with van der Waals surface area (Å²) in [7, 11) is 0. The van der Waals surface area contributed by atoms with Crippen molar-refractivity contribution in [1.29, 1.82) is 0 Å². The molecule has 0 spiro atoms. The van der Waals surface area contributed by atoms with Crippen LogP contribution in [0.3, 0.4) is 0 Å². The van der Waals surface area contributed by atoms with Gasteiger partial charge in [0.1, 0.15) is 5.76 Å². The van der Waals surface area contributed by atoms with Crippen molar-refractivity contribution in [2.75, 3.05) is 31.1 Å². The van der Waals surface area contributed by atoms with E-state index in [0.29, 0.717) is 6.42 Å². The third kappa shape index (κ3) is 4.42. The minimum absolute atomic E-state index is 0.0585. The van der Waals surface area contributed by atoms with Gasteiger partial charge in [-0.05, 0) is 36.2 Å². The molecular weight excluding hydrogens is 350 g/mol. The summed E-state index contributed by atoms with van der Waals surface area (Å²) in [5.74, 6) is 1.14. The maximum atomic E-state index is 13.0. The third-order valence-corrected chi connectivity index (χ3v) is 5.35. The Morgan fingerprint density at radius 1 is 0.964 bits per heavy atom. The van der Waals surface area contributed by atoms with E-state index >= 15 is 0 Å². The molecule has 1 saturated heterocycles. The monoisotopic (exact) mass is 375 g/mol. The van der Waals surface area contributed by atoms with Gasteiger partial charge in [0.25, 0.3) is 0 Å². The molecule has 0 N–H and O–H groups in total. The highest BCUT2D eigenvalue weighted by atomic mass is 16.3. The molecule has 0 bridgehead atoms. The average molecular weight is 375 g/mol. The highest BCUT2D eigenvalue weighted by Crippen LogP contribution is 2.26. The normalized spacial score (nSPS) is 15.4. The van der Waals surface area contributed by atoms with Gasteiger partial charge in [-0.25, -0.2) is 0 Å². The first-order valence-corrected chi connectivity index (χ1v) is 9.79. The SMILES string of the molecule is O=C(CC(Cc1ccccc1)c1ccco1)N1CCN(c2ccncc2)CC1. The Morgan fingerprint density at radius 3 is 2.39 bits per heavy atom. The third-order valence-electron chi connectivity index (χ3n) is 5.35. The number of benzene rings is 1. The fraction of sp³-hybridized carbons (Fsp3) is 0.304. The molecule has 1 fully saturated rings. The molecule has 0 aliphatic carbocycles. The predicted molar refractivity (Wildman–Crippen MR) is 109 cm³/mol. The number of amides is 1. The summed E-state index contributed by atoms with van der Waals surface area (Å²) >= 11 is 0. The predicted octanol–water partition coefficient (Wildman–Crippen LogP) is 3.74. The molecule has 5 heteroatoms. The summed E-state index contributed by atoms with van der Waals surface area (Å²) in [4.78, 5) is 21.4. The highest BCUT2D eigenvalue weighted by molar-refractivity contribution is 5.77. The molecule has 1 aliphatic heterocycles. The van der Waals surface area contributed by atoms with Crippen LogP contribution in [0.25, 0.3) is 0 Å². The number of carbonyl (C=O) groups excluding carboxylic acids is 1. The molecule has 28 heavy (non-hydrogen) atoms. The molecular formula is C23H25N3O2. The van der Waals surface area contributed by atoms with E-state index in [1.807, 2.05) is 59.8 Å². The van der Waals surface area contributed by atoms with Crippen molar-refractivity contribution < 1.29 is 9.21 Å². The Kier molecular flexibility index (Phi) is 5.71. The number of anilines is 1. The fourth-order valence-electron chi connectivity index (χ4n) is 3.80. The maximum absolute atomic E-state index is 13.0. The summed E-state index contributed by atoms with van der Waals surface area (Å²) in [6.07, 6.45) is 6.58. The van der Waals surface area contributed by atoms with E-state index in [1.54, 1.807) is 6.26 Å². The molecule has 1 unspecified atom stereocenters. The Morgan fingerprint density at radius 2 is 1.71 bits per heavy atom. The van der Waals surface area contributed by atoms with Gasteiger partial charge < -0.3 is 14.2 Å². The van der Waals surface area contributed by atoms with Gasteiger partial charge in [0.15, 0.2) is 0 Å². The topological polar surface area (TPSA) is 49.6 Å². The van der Waals surface area contributed by atoms with Crippen molar-refractivity contribution in [3.8, 4) is 0 Å². The molecule has 2 aromatic heterocycles.